The van der Waals surface area contributed by atoms with Crippen molar-refractivity contribution < 1.29 is 28.2 Å². The van der Waals surface area contributed by atoms with E-state index >= 15 is 0 Å². The molecule has 0 fully saturated rings. The molecule has 1 aliphatic rings. The quantitative estimate of drug-likeness (QED) is 0.555. The van der Waals surface area contributed by atoms with Crippen LogP contribution in [0, 0.1) is 5.92 Å². The van der Waals surface area contributed by atoms with E-state index in [1.165, 1.54) is 0 Å². The van der Waals surface area contributed by atoms with Gasteiger partial charge in [-0.3, -0.25) is 4.79 Å². The molecule has 24 heavy (non-hydrogen) atoms. The zero-order valence-corrected chi connectivity index (χ0v) is 15.0. The first-order valence-electron chi connectivity index (χ1n) is 7.46. The second-order valence-corrected chi connectivity index (χ2v) is 8.98. The number of carbonyl (C=O) groups is 2. The molecule has 0 saturated heterocycles. The van der Waals surface area contributed by atoms with Crippen LogP contribution in [0.4, 0.5) is 0 Å². The number of hydrogen-bond donors (Lipinski definition) is 4. The topological polar surface area (TPSA) is 133 Å². The van der Waals surface area contributed by atoms with Crippen LogP contribution < -0.4 is 10.0 Å². The maximum absolute atomic E-state index is 12.7. The van der Waals surface area contributed by atoms with Crippen molar-refractivity contribution in [3.8, 4) is 0 Å². The van der Waals surface area contributed by atoms with Gasteiger partial charge >= 0.3 is 11.9 Å². The zero-order chi connectivity index (χ0) is 18.1. The average Bonchev–Trinajstić information content (AvgIpc) is 2.86. The highest BCUT2D eigenvalue weighted by atomic mass is 32.2. The molecule has 1 atom stereocenters. The molecule has 0 saturated carbocycles. The highest BCUT2D eigenvalue weighted by Gasteiger charge is 2.34. The van der Waals surface area contributed by atoms with Crippen LogP contribution in [0.15, 0.2) is 4.21 Å². The standard InChI is InChI=1S/C14H20N2O6S2/c1-7(2)9(5-11(17)18)16-24(21,22)14-12(13(19)20)8-3-4-15-6-10(8)23-14/h7,9,15-16H,3-6H2,1-2H3,(H,17,18)(H,19,20)/t9-/m0/s1. The summed E-state index contributed by atoms with van der Waals surface area (Å²) in [6.07, 6.45) is 0.0810. The maximum atomic E-state index is 12.7. The number of nitrogens with one attached hydrogen (secondary N) is 2. The van der Waals surface area contributed by atoms with E-state index in [1.54, 1.807) is 13.8 Å². The molecule has 2 heterocycles. The van der Waals surface area contributed by atoms with Crippen molar-refractivity contribution in [1.82, 2.24) is 10.0 Å². The lowest BCUT2D eigenvalue weighted by Crippen LogP contribution is -2.40. The summed E-state index contributed by atoms with van der Waals surface area (Å²) in [5.41, 5.74) is 0.354. The minimum Gasteiger partial charge on any atom is -0.481 e. The van der Waals surface area contributed by atoms with E-state index in [1.807, 2.05) is 0 Å². The Kier molecular flexibility index (Phi) is 5.63. The molecule has 0 spiro atoms. The number of aliphatic carboxylic acids is 1. The number of sulfonamides is 1. The Morgan fingerprint density at radius 3 is 2.54 bits per heavy atom. The lowest BCUT2D eigenvalue weighted by molar-refractivity contribution is -0.137. The lowest BCUT2D eigenvalue weighted by atomic mass is 10.0. The number of rotatable bonds is 7. The predicted octanol–water partition coefficient (Wildman–Crippen LogP) is 0.870. The molecule has 10 heteroatoms. The molecule has 0 aliphatic carbocycles. The van der Waals surface area contributed by atoms with Crippen LogP contribution in [-0.4, -0.2) is 43.2 Å². The molecular formula is C14H20N2O6S2. The molecule has 0 amide bonds. The molecule has 4 N–H and O–H groups in total. The third-order valence-corrected chi connectivity index (χ3v) is 7.10. The fourth-order valence-electron chi connectivity index (χ4n) is 2.57. The number of aromatic carboxylic acids is 1. The molecule has 0 bridgehead atoms. The van der Waals surface area contributed by atoms with Crippen molar-refractivity contribution in [2.45, 2.75) is 43.5 Å². The summed E-state index contributed by atoms with van der Waals surface area (Å²) >= 11 is 0.929. The van der Waals surface area contributed by atoms with Crippen LogP contribution in [0.1, 0.15) is 41.1 Å². The van der Waals surface area contributed by atoms with E-state index in [0.29, 0.717) is 30.0 Å². The van der Waals surface area contributed by atoms with Crippen molar-refractivity contribution >= 4 is 33.3 Å². The molecule has 0 unspecified atom stereocenters. The second kappa shape index (κ2) is 7.18. The number of carboxylic acid groups (broad SMARTS) is 2. The minimum atomic E-state index is -4.12. The summed E-state index contributed by atoms with van der Waals surface area (Å²) in [5.74, 6) is -2.65. The Balaban J connectivity index is 2.43. The van der Waals surface area contributed by atoms with Gasteiger partial charge in [-0.2, -0.15) is 0 Å². The van der Waals surface area contributed by atoms with E-state index in [2.05, 4.69) is 10.0 Å². The molecule has 1 aromatic heterocycles. The van der Waals surface area contributed by atoms with Crippen LogP contribution in [0.5, 0.6) is 0 Å². The van der Waals surface area contributed by atoms with Crippen LogP contribution in [-0.2, 0) is 27.8 Å². The van der Waals surface area contributed by atoms with E-state index < -0.39 is 28.0 Å². The van der Waals surface area contributed by atoms with E-state index in [-0.39, 0.29) is 22.1 Å². The van der Waals surface area contributed by atoms with Crippen molar-refractivity contribution in [3.05, 3.63) is 16.0 Å². The Bertz CT molecular complexity index is 754. The van der Waals surface area contributed by atoms with Gasteiger partial charge in [-0.05, 0) is 24.4 Å². The Hall–Kier alpha value is -1.49. The van der Waals surface area contributed by atoms with Gasteiger partial charge in [0.1, 0.15) is 4.21 Å². The lowest BCUT2D eigenvalue weighted by Gasteiger charge is -2.20. The number of hydrogen-bond acceptors (Lipinski definition) is 6. The molecule has 8 nitrogen and oxygen atoms in total. The first kappa shape index (κ1) is 18.8. The van der Waals surface area contributed by atoms with Crippen LogP contribution in [0.25, 0.3) is 0 Å². The van der Waals surface area contributed by atoms with Gasteiger partial charge in [0.15, 0.2) is 0 Å². The molecule has 0 radical (unpaired) electrons. The van der Waals surface area contributed by atoms with Gasteiger partial charge < -0.3 is 15.5 Å². The Morgan fingerprint density at radius 2 is 2.00 bits per heavy atom. The molecule has 2 rings (SSSR count). The second-order valence-electron chi connectivity index (χ2n) is 5.97. The third kappa shape index (κ3) is 3.94. The molecule has 1 aliphatic heterocycles. The molecule has 0 aromatic carbocycles. The average molecular weight is 376 g/mol. The third-order valence-electron chi connectivity index (χ3n) is 3.86. The van der Waals surface area contributed by atoms with E-state index in [0.717, 1.165) is 11.3 Å². The summed E-state index contributed by atoms with van der Waals surface area (Å²) in [7, 11) is -4.12. The van der Waals surface area contributed by atoms with Crippen LogP contribution in [0.2, 0.25) is 0 Å². The van der Waals surface area contributed by atoms with Crippen molar-refractivity contribution in [1.29, 1.82) is 0 Å². The van der Waals surface area contributed by atoms with Crippen molar-refractivity contribution in [3.63, 3.8) is 0 Å². The predicted molar refractivity (Wildman–Crippen MR) is 87.9 cm³/mol. The Morgan fingerprint density at radius 1 is 1.33 bits per heavy atom. The van der Waals surface area contributed by atoms with Crippen LogP contribution >= 0.6 is 11.3 Å². The maximum Gasteiger partial charge on any atom is 0.338 e. The Labute approximate surface area is 143 Å². The molecule has 1 aromatic rings. The highest BCUT2D eigenvalue weighted by molar-refractivity contribution is 7.91. The van der Waals surface area contributed by atoms with Gasteiger partial charge in [0.05, 0.1) is 12.0 Å². The van der Waals surface area contributed by atoms with Crippen LogP contribution in [0.3, 0.4) is 0 Å². The fourth-order valence-corrected chi connectivity index (χ4v) is 5.83. The van der Waals surface area contributed by atoms with Crippen molar-refractivity contribution in [2.75, 3.05) is 6.54 Å². The largest absolute Gasteiger partial charge is 0.481 e. The SMILES string of the molecule is CC(C)[C@H](CC(=O)O)NS(=O)(=O)c1sc2c(c1C(=O)O)CCNC2. The van der Waals surface area contributed by atoms with Gasteiger partial charge in [-0.1, -0.05) is 13.8 Å². The summed E-state index contributed by atoms with van der Waals surface area (Å²) < 4.78 is 27.5. The van der Waals surface area contributed by atoms with Gasteiger partial charge in [0.2, 0.25) is 0 Å². The number of carboxylic acids is 2. The minimum absolute atomic E-state index is 0.193. The zero-order valence-electron chi connectivity index (χ0n) is 13.3. The van der Waals surface area contributed by atoms with Gasteiger partial charge in [0, 0.05) is 17.5 Å². The summed E-state index contributed by atoms with van der Waals surface area (Å²) in [6, 6.07) is -0.814. The van der Waals surface area contributed by atoms with Crippen molar-refractivity contribution in [2.24, 2.45) is 5.92 Å². The summed E-state index contributed by atoms with van der Waals surface area (Å²) in [4.78, 5) is 23.2. The number of thiophene rings is 1. The first-order valence-corrected chi connectivity index (χ1v) is 9.76. The molecular weight excluding hydrogens is 356 g/mol. The van der Waals surface area contributed by atoms with E-state index in [9.17, 15) is 23.1 Å². The normalized spacial score (nSPS) is 16.0. The smallest absolute Gasteiger partial charge is 0.338 e. The summed E-state index contributed by atoms with van der Waals surface area (Å²) in [5, 5.41) is 21.5. The number of fused-ring (bicyclic) bond motifs is 1. The monoisotopic (exact) mass is 376 g/mol. The van der Waals surface area contributed by atoms with E-state index in [4.69, 9.17) is 5.11 Å². The first-order chi connectivity index (χ1) is 11.1. The van der Waals surface area contributed by atoms with Gasteiger partial charge in [-0.15, -0.1) is 11.3 Å². The fraction of sp³-hybridized carbons (Fsp3) is 0.571. The molecule has 134 valence electrons. The highest BCUT2D eigenvalue weighted by Crippen LogP contribution is 2.34. The van der Waals surface area contributed by atoms with Gasteiger partial charge in [0.25, 0.3) is 10.0 Å². The van der Waals surface area contributed by atoms with Gasteiger partial charge in [-0.25, -0.2) is 17.9 Å². The summed E-state index contributed by atoms with van der Waals surface area (Å²) in [6.45, 7) is 4.43.